The average Bonchev–Trinajstić information content (AvgIpc) is 3.54. The number of carbonyl (C=O) groups is 5. The first-order valence-corrected chi connectivity index (χ1v) is 16.0. The maximum atomic E-state index is 13.5. The Bertz CT molecular complexity index is 1290. The van der Waals surface area contributed by atoms with Crippen LogP contribution in [0, 0.1) is 0 Å². The van der Waals surface area contributed by atoms with E-state index in [1.807, 2.05) is 60.7 Å². The molecule has 44 heavy (non-hydrogen) atoms. The maximum Gasteiger partial charge on any atom is 0.318 e. The van der Waals surface area contributed by atoms with E-state index in [1.54, 1.807) is 18.7 Å². The molecule has 2 aromatic rings. The van der Waals surface area contributed by atoms with E-state index < -0.39 is 41.9 Å². The average molecular weight is 624 g/mol. The lowest BCUT2D eigenvalue weighted by atomic mass is 10.1. The molecule has 2 fully saturated rings. The number of amides is 5. The van der Waals surface area contributed by atoms with Crippen molar-refractivity contribution in [3.8, 4) is 0 Å². The number of carbonyl (C=O) groups excluding carboxylic acids is 5. The maximum absolute atomic E-state index is 13.5. The van der Waals surface area contributed by atoms with Gasteiger partial charge in [-0.25, -0.2) is 4.79 Å². The van der Waals surface area contributed by atoms with Crippen LogP contribution >= 0.6 is 11.8 Å². The minimum Gasteiger partial charge on any atom is -0.378 e. The minimum atomic E-state index is -0.915. The molecule has 0 bridgehead atoms. The minimum absolute atomic E-state index is 0.157. The van der Waals surface area contributed by atoms with Crippen molar-refractivity contribution in [2.24, 2.45) is 0 Å². The lowest BCUT2D eigenvalue weighted by Crippen LogP contribution is -2.57. The van der Waals surface area contributed by atoms with Gasteiger partial charge >= 0.3 is 6.03 Å². The number of likely N-dealkylation sites (tertiary alicyclic amines) is 1. The van der Waals surface area contributed by atoms with E-state index in [2.05, 4.69) is 16.0 Å². The fourth-order valence-corrected chi connectivity index (χ4v) is 6.05. The molecule has 2 aliphatic heterocycles. The van der Waals surface area contributed by atoms with E-state index in [4.69, 9.17) is 4.74 Å². The number of benzene rings is 2. The summed E-state index contributed by atoms with van der Waals surface area (Å²) in [5.41, 5.74) is 1.92. The van der Waals surface area contributed by atoms with Crippen LogP contribution in [-0.2, 0) is 36.1 Å². The summed E-state index contributed by atoms with van der Waals surface area (Å²) >= 11 is 1.16. The van der Waals surface area contributed by atoms with Crippen LogP contribution in [0.2, 0.25) is 0 Å². The van der Waals surface area contributed by atoms with Crippen LogP contribution in [0.15, 0.2) is 60.7 Å². The highest BCUT2D eigenvalue weighted by atomic mass is 32.2. The zero-order chi connectivity index (χ0) is 31.5. The molecule has 0 saturated carbocycles. The van der Waals surface area contributed by atoms with Crippen molar-refractivity contribution in [2.75, 3.05) is 32.8 Å². The predicted molar refractivity (Wildman–Crippen MR) is 168 cm³/mol. The van der Waals surface area contributed by atoms with Gasteiger partial charge in [-0.1, -0.05) is 72.4 Å². The number of hydrogen-bond donors (Lipinski definition) is 3. The summed E-state index contributed by atoms with van der Waals surface area (Å²) in [5.74, 6) is -0.809. The second kappa shape index (κ2) is 16.2. The summed E-state index contributed by atoms with van der Waals surface area (Å²) in [6.45, 7) is 5.24. The van der Waals surface area contributed by atoms with Crippen LogP contribution in [0.3, 0.4) is 0 Å². The van der Waals surface area contributed by atoms with E-state index in [0.717, 1.165) is 22.9 Å². The molecule has 2 aliphatic rings. The molecule has 0 radical (unpaired) electrons. The summed E-state index contributed by atoms with van der Waals surface area (Å²) in [7, 11) is 0. The van der Waals surface area contributed by atoms with E-state index in [9.17, 15) is 24.0 Å². The molecule has 2 heterocycles. The van der Waals surface area contributed by atoms with Crippen molar-refractivity contribution in [3.63, 3.8) is 0 Å². The normalized spacial score (nSPS) is 18.5. The van der Waals surface area contributed by atoms with E-state index >= 15 is 0 Å². The lowest BCUT2D eigenvalue weighted by molar-refractivity contribution is -0.141. The van der Waals surface area contributed by atoms with Crippen molar-refractivity contribution in [1.82, 2.24) is 25.8 Å². The van der Waals surface area contributed by atoms with Gasteiger partial charge in [0, 0.05) is 31.8 Å². The van der Waals surface area contributed by atoms with Gasteiger partial charge in [-0.15, -0.1) is 0 Å². The number of thioether (sulfide) groups is 1. The summed E-state index contributed by atoms with van der Waals surface area (Å²) in [6, 6.07) is 15.5. The van der Waals surface area contributed by atoms with Gasteiger partial charge in [-0.05, 0) is 37.8 Å². The highest BCUT2D eigenvalue weighted by molar-refractivity contribution is 8.13. The highest BCUT2D eigenvalue weighted by Gasteiger charge is 2.38. The van der Waals surface area contributed by atoms with Gasteiger partial charge in [0.05, 0.1) is 13.2 Å². The fraction of sp³-hybridized carbons (Fsp3) is 0.469. The van der Waals surface area contributed by atoms with Gasteiger partial charge in [0.2, 0.25) is 22.8 Å². The van der Waals surface area contributed by atoms with Crippen molar-refractivity contribution >= 4 is 40.6 Å². The van der Waals surface area contributed by atoms with Crippen molar-refractivity contribution in [1.29, 1.82) is 0 Å². The van der Waals surface area contributed by atoms with Crippen LogP contribution in [0.5, 0.6) is 0 Å². The third-order valence-corrected chi connectivity index (χ3v) is 8.75. The lowest BCUT2D eigenvalue weighted by Gasteiger charge is -2.30. The molecule has 2 aromatic carbocycles. The van der Waals surface area contributed by atoms with Gasteiger partial charge in [0.25, 0.3) is 0 Å². The SMILES string of the molecule is CC(NC(=O)N1CCOCC1)C(=O)NC(C)C(=O)N1CCCC1C(=O)NC(Cc1ccccc1)C(=O)SCc1ccccc1. The van der Waals surface area contributed by atoms with Crippen LogP contribution in [0.25, 0.3) is 0 Å². The number of nitrogens with zero attached hydrogens (tertiary/aromatic N) is 2. The third kappa shape index (κ3) is 9.30. The topological polar surface area (TPSA) is 137 Å². The zero-order valence-corrected chi connectivity index (χ0v) is 26.0. The Kier molecular flexibility index (Phi) is 12.2. The van der Waals surface area contributed by atoms with Crippen molar-refractivity contribution < 1.29 is 28.7 Å². The molecular weight excluding hydrogens is 582 g/mol. The van der Waals surface area contributed by atoms with Gasteiger partial charge in [0.15, 0.2) is 0 Å². The molecular formula is C32H41N5O6S. The monoisotopic (exact) mass is 623 g/mol. The first-order valence-electron chi connectivity index (χ1n) is 15.0. The molecule has 0 aliphatic carbocycles. The van der Waals surface area contributed by atoms with Gasteiger partial charge < -0.3 is 30.5 Å². The Morgan fingerprint density at radius 3 is 2.14 bits per heavy atom. The molecule has 4 atom stereocenters. The predicted octanol–water partition coefficient (Wildman–Crippen LogP) is 2.10. The van der Waals surface area contributed by atoms with E-state index in [-0.39, 0.29) is 11.1 Å². The van der Waals surface area contributed by atoms with Crippen LogP contribution in [0.1, 0.15) is 37.8 Å². The molecule has 4 rings (SSSR count). The molecule has 11 nitrogen and oxygen atoms in total. The molecule has 5 amide bonds. The fourth-order valence-electron chi connectivity index (χ4n) is 5.20. The first-order chi connectivity index (χ1) is 21.2. The molecule has 3 N–H and O–H groups in total. The number of hydrogen-bond acceptors (Lipinski definition) is 7. The number of nitrogens with one attached hydrogen (secondary N) is 3. The molecule has 0 aromatic heterocycles. The van der Waals surface area contributed by atoms with Crippen molar-refractivity contribution in [2.45, 2.75) is 63.0 Å². The number of urea groups is 1. The molecule has 236 valence electrons. The van der Waals surface area contributed by atoms with E-state index in [1.165, 1.54) is 4.90 Å². The van der Waals surface area contributed by atoms with Crippen molar-refractivity contribution in [3.05, 3.63) is 71.8 Å². The van der Waals surface area contributed by atoms with Gasteiger partial charge in [-0.3, -0.25) is 19.2 Å². The van der Waals surface area contributed by atoms with Gasteiger partial charge in [0.1, 0.15) is 24.2 Å². The number of morpholine rings is 1. The smallest absolute Gasteiger partial charge is 0.318 e. The van der Waals surface area contributed by atoms with Gasteiger partial charge in [-0.2, -0.15) is 0 Å². The Hall–Kier alpha value is -3.90. The van der Waals surface area contributed by atoms with E-state index in [0.29, 0.717) is 57.9 Å². The Morgan fingerprint density at radius 1 is 0.841 bits per heavy atom. The number of rotatable bonds is 11. The standard InChI is InChI=1S/C32H41N5O6S/c1-22(34-32(42)36-16-18-43-19-17-36)28(38)33-23(2)30(40)37-15-9-14-27(37)29(39)35-26(20-24-10-5-3-6-11-24)31(41)44-21-25-12-7-4-8-13-25/h3-8,10-13,22-23,26-27H,9,14-21H2,1-2H3,(H,33,38)(H,34,42)(H,35,39). The summed E-state index contributed by atoms with van der Waals surface area (Å²) in [5, 5.41) is 8.10. The Balaban J connectivity index is 1.34. The Morgan fingerprint density at radius 2 is 1.48 bits per heavy atom. The zero-order valence-electron chi connectivity index (χ0n) is 25.2. The molecule has 0 spiro atoms. The second-order valence-electron chi connectivity index (χ2n) is 11.0. The number of ether oxygens (including phenoxy) is 1. The van der Waals surface area contributed by atoms with Crippen LogP contribution in [0.4, 0.5) is 4.79 Å². The molecule has 2 saturated heterocycles. The summed E-state index contributed by atoms with van der Waals surface area (Å²) in [6.07, 6.45) is 1.40. The Labute approximate surface area is 262 Å². The van der Waals surface area contributed by atoms with Crippen LogP contribution in [-0.4, -0.2) is 95.7 Å². The largest absolute Gasteiger partial charge is 0.378 e. The highest BCUT2D eigenvalue weighted by Crippen LogP contribution is 2.21. The second-order valence-corrected chi connectivity index (χ2v) is 12.0. The quantitative estimate of drug-likeness (QED) is 0.349. The summed E-state index contributed by atoms with van der Waals surface area (Å²) < 4.78 is 5.25. The summed E-state index contributed by atoms with van der Waals surface area (Å²) in [4.78, 5) is 68.6. The third-order valence-electron chi connectivity index (χ3n) is 7.71. The van der Waals surface area contributed by atoms with Crippen LogP contribution < -0.4 is 16.0 Å². The molecule has 12 heteroatoms. The first kappa shape index (κ1) is 33.0. The molecule has 4 unspecified atom stereocenters.